The lowest BCUT2D eigenvalue weighted by Gasteiger charge is -2.17. The number of hydrogen-bond donors (Lipinski definition) is 0. The number of rotatable bonds is 0. The molecule has 0 aromatic carbocycles. The van der Waals surface area contributed by atoms with Gasteiger partial charge in [0.1, 0.15) is 6.23 Å². The van der Waals surface area contributed by atoms with Crippen molar-refractivity contribution in [2.24, 2.45) is 0 Å². The number of carbonyl (C=O) groups excluding carboxylic acids is 1. The van der Waals surface area contributed by atoms with Gasteiger partial charge in [-0.2, -0.15) is 0 Å². The van der Waals surface area contributed by atoms with Gasteiger partial charge in [0.05, 0.1) is 12.6 Å². The summed E-state index contributed by atoms with van der Waals surface area (Å²) in [6.45, 7) is 2.68. The maximum Gasteiger partial charge on any atom is 0.225 e. The second-order valence-corrected chi connectivity index (χ2v) is 2.93. The van der Waals surface area contributed by atoms with E-state index in [1.165, 1.54) is 0 Å². The number of fused-ring (bicyclic) bond motifs is 1. The lowest BCUT2D eigenvalue weighted by molar-refractivity contribution is -0.132. The van der Waals surface area contributed by atoms with Crippen LogP contribution < -0.4 is 0 Å². The summed E-state index contributed by atoms with van der Waals surface area (Å²) in [6, 6.07) is 0.391. The summed E-state index contributed by atoms with van der Waals surface area (Å²) in [5, 5.41) is 0. The molecule has 3 nitrogen and oxygen atoms in total. The molecule has 2 fully saturated rings. The molecule has 0 aliphatic carbocycles. The van der Waals surface area contributed by atoms with Crippen LogP contribution in [0.2, 0.25) is 0 Å². The van der Waals surface area contributed by atoms with E-state index in [9.17, 15) is 4.79 Å². The van der Waals surface area contributed by atoms with Crippen molar-refractivity contribution in [3.63, 3.8) is 0 Å². The van der Waals surface area contributed by atoms with Crippen molar-refractivity contribution in [1.82, 2.24) is 4.90 Å². The summed E-state index contributed by atoms with van der Waals surface area (Å²) in [4.78, 5) is 13.0. The Kier molecular flexibility index (Phi) is 1.20. The zero-order chi connectivity index (χ0) is 7.14. The van der Waals surface area contributed by atoms with Crippen molar-refractivity contribution >= 4 is 5.91 Å². The molecule has 0 aromatic heterocycles. The van der Waals surface area contributed by atoms with Crippen molar-refractivity contribution in [1.29, 1.82) is 0 Å². The van der Waals surface area contributed by atoms with Gasteiger partial charge in [-0.15, -0.1) is 0 Å². The summed E-state index contributed by atoms with van der Waals surface area (Å²) >= 11 is 0. The minimum atomic E-state index is 0.0278. The van der Waals surface area contributed by atoms with Crippen molar-refractivity contribution in [3.8, 4) is 0 Å². The fourth-order valence-corrected chi connectivity index (χ4v) is 1.76. The van der Waals surface area contributed by atoms with E-state index in [2.05, 4.69) is 0 Å². The molecule has 2 aliphatic rings. The van der Waals surface area contributed by atoms with Crippen LogP contribution in [0.3, 0.4) is 0 Å². The van der Waals surface area contributed by atoms with Crippen LogP contribution in [0.1, 0.15) is 19.8 Å². The zero-order valence-corrected chi connectivity index (χ0v) is 6.04. The van der Waals surface area contributed by atoms with Crippen molar-refractivity contribution in [2.45, 2.75) is 32.0 Å². The number of amides is 1. The lowest BCUT2D eigenvalue weighted by atomic mass is 10.2. The summed E-state index contributed by atoms with van der Waals surface area (Å²) in [5.41, 5.74) is 0. The monoisotopic (exact) mass is 141 g/mol. The van der Waals surface area contributed by atoms with Crippen LogP contribution >= 0.6 is 0 Å². The molecule has 0 aromatic rings. The topological polar surface area (TPSA) is 29.5 Å². The maximum atomic E-state index is 11.1. The first kappa shape index (κ1) is 6.16. The predicted octanol–water partition coefficient (Wildman–Crippen LogP) is 0.354. The SMILES string of the molecule is C[C@@H]1OC[C@H]2CCC(=O)N21. The molecule has 56 valence electrons. The van der Waals surface area contributed by atoms with Gasteiger partial charge in [-0.3, -0.25) is 4.79 Å². The summed E-state index contributed by atoms with van der Waals surface area (Å²) in [7, 11) is 0. The van der Waals surface area contributed by atoms with Gasteiger partial charge in [0.25, 0.3) is 0 Å². The first-order valence-electron chi connectivity index (χ1n) is 3.72. The van der Waals surface area contributed by atoms with Gasteiger partial charge in [0, 0.05) is 6.42 Å². The van der Waals surface area contributed by atoms with Crippen molar-refractivity contribution < 1.29 is 9.53 Å². The highest BCUT2D eigenvalue weighted by Crippen LogP contribution is 2.27. The normalized spacial score (nSPS) is 38.9. The van der Waals surface area contributed by atoms with E-state index in [0.29, 0.717) is 6.04 Å². The van der Waals surface area contributed by atoms with Crippen LogP contribution in [-0.2, 0) is 9.53 Å². The van der Waals surface area contributed by atoms with Crippen molar-refractivity contribution in [2.75, 3.05) is 6.61 Å². The molecule has 0 saturated carbocycles. The highest BCUT2D eigenvalue weighted by Gasteiger charge is 2.39. The van der Waals surface area contributed by atoms with Crippen LogP contribution in [0.25, 0.3) is 0 Å². The second-order valence-electron chi connectivity index (χ2n) is 2.93. The first-order valence-corrected chi connectivity index (χ1v) is 3.72. The Morgan fingerprint density at radius 3 is 3.20 bits per heavy atom. The van der Waals surface area contributed by atoms with E-state index in [-0.39, 0.29) is 12.1 Å². The summed E-state index contributed by atoms with van der Waals surface area (Å²) in [5.74, 6) is 0.259. The van der Waals surface area contributed by atoms with Crippen LogP contribution in [0.15, 0.2) is 0 Å². The fraction of sp³-hybridized carbons (Fsp3) is 0.857. The smallest absolute Gasteiger partial charge is 0.225 e. The summed E-state index contributed by atoms with van der Waals surface area (Å²) in [6.07, 6.45) is 1.74. The molecule has 3 heteroatoms. The molecule has 10 heavy (non-hydrogen) atoms. The molecule has 2 heterocycles. The van der Waals surface area contributed by atoms with Gasteiger partial charge in [0.15, 0.2) is 0 Å². The van der Waals surface area contributed by atoms with Crippen LogP contribution in [0, 0.1) is 0 Å². The molecule has 2 atom stereocenters. The molecular weight excluding hydrogens is 130 g/mol. The highest BCUT2D eigenvalue weighted by atomic mass is 16.5. The molecule has 1 amide bonds. The number of hydrogen-bond acceptors (Lipinski definition) is 2. The quantitative estimate of drug-likeness (QED) is 0.487. The van der Waals surface area contributed by atoms with Crippen LogP contribution in [0.5, 0.6) is 0 Å². The largest absolute Gasteiger partial charge is 0.356 e. The standard InChI is InChI=1S/C7H11NO2/c1-5-8-6(4-10-5)2-3-7(8)9/h5-6H,2-4H2,1H3/t5-,6+/m0/s1. The third-order valence-corrected chi connectivity index (χ3v) is 2.29. The Labute approximate surface area is 60.0 Å². The first-order chi connectivity index (χ1) is 4.79. The second kappa shape index (κ2) is 1.95. The molecule has 2 aliphatic heterocycles. The molecule has 2 saturated heterocycles. The number of nitrogens with zero attached hydrogens (tertiary/aromatic N) is 1. The van der Waals surface area contributed by atoms with Crippen LogP contribution in [0.4, 0.5) is 0 Å². The Bertz CT molecular complexity index is 169. The van der Waals surface area contributed by atoms with Gasteiger partial charge in [-0.05, 0) is 13.3 Å². The van der Waals surface area contributed by atoms with Gasteiger partial charge in [-0.1, -0.05) is 0 Å². The minimum absolute atomic E-state index is 0.0278. The third kappa shape index (κ3) is 0.669. The molecule has 0 bridgehead atoms. The molecule has 0 N–H and O–H groups in total. The molecule has 0 radical (unpaired) electrons. The Morgan fingerprint density at radius 1 is 1.70 bits per heavy atom. The predicted molar refractivity (Wildman–Crippen MR) is 35.3 cm³/mol. The average Bonchev–Trinajstić information content (AvgIpc) is 2.40. The number of carbonyl (C=O) groups is 1. The van der Waals surface area contributed by atoms with Crippen molar-refractivity contribution in [3.05, 3.63) is 0 Å². The highest BCUT2D eigenvalue weighted by molar-refractivity contribution is 5.79. The fourth-order valence-electron chi connectivity index (χ4n) is 1.76. The average molecular weight is 141 g/mol. The molecule has 2 rings (SSSR count). The molecule has 0 unspecified atom stereocenters. The molecule has 0 spiro atoms. The maximum absolute atomic E-state index is 11.1. The lowest BCUT2D eigenvalue weighted by Crippen LogP contribution is -2.33. The van der Waals surface area contributed by atoms with E-state index in [1.807, 2.05) is 11.8 Å². The minimum Gasteiger partial charge on any atom is -0.356 e. The van der Waals surface area contributed by atoms with E-state index in [1.54, 1.807) is 0 Å². The zero-order valence-electron chi connectivity index (χ0n) is 6.04. The van der Waals surface area contributed by atoms with E-state index in [4.69, 9.17) is 4.74 Å². The van der Waals surface area contributed by atoms with Gasteiger partial charge in [-0.25, -0.2) is 0 Å². The van der Waals surface area contributed by atoms with E-state index >= 15 is 0 Å². The third-order valence-electron chi connectivity index (χ3n) is 2.29. The van der Waals surface area contributed by atoms with Gasteiger partial charge >= 0.3 is 0 Å². The van der Waals surface area contributed by atoms with Gasteiger partial charge in [0.2, 0.25) is 5.91 Å². The Hall–Kier alpha value is -0.570. The van der Waals surface area contributed by atoms with Crippen LogP contribution in [-0.4, -0.2) is 29.7 Å². The Morgan fingerprint density at radius 2 is 2.50 bits per heavy atom. The van der Waals surface area contributed by atoms with E-state index < -0.39 is 0 Å². The Balaban J connectivity index is 2.19. The summed E-state index contributed by atoms with van der Waals surface area (Å²) < 4.78 is 5.30. The number of ether oxygens (including phenoxy) is 1. The van der Waals surface area contributed by atoms with Gasteiger partial charge < -0.3 is 9.64 Å². The molecular formula is C7H11NO2. The van der Waals surface area contributed by atoms with E-state index in [0.717, 1.165) is 19.4 Å².